The van der Waals surface area contributed by atoms with Gasteiger partial charge in [-0.3, -0.25) is 0 Å². The van der Waals surface area contributed by atoms with Crippen LogP contribution in [0.2, 0.25) is 5.02 Å². The summed E-state index contributed by atoms with van der Waals surface area (Å²) < 4.78 is 36.6. The molecule has 2 nitrogen and oxygen atoms in total. The zero-order valence-electron chi connectivity index (χ0n) is 9.52. The molecule has 0 heterocycles. The molecule has 2 rings (SSSR count). The molecule has 94 valence electrons. The van der Waals surface area contributed by atoms with Crippen LogP contribution in [0.4, 0.5) is 4.39 Å². The Bertz CT molecular complexity index is 676. The zero-order valence-corrected chi connectivity index (χ0v) is 11.1. The van der Waals surface area contributed by atoms with Gasteiger partial charge in [0.2, 0.25) is 0 Å². The molecule has 18 heavy (non-hydrogen) atoms. The Morgan fingerprint density at radius 3 is 2.39 bits per heavy atom. The Morgan fingerprint density at radius 2 is 1.78 bits per heavy atom. The van der Waals surface area contributed by atoms with Crippen LogP contribution in [0, 0.1) is 5.82 Å². The predicted octanol–water partition coefficient (Wildman–Crippen LogP) is 3.55. The Morgan fingerprint density at radius 1 is 1.11 bits per heavy atom. The van der Waals surface area contributed by atoms with Gasteiger partial charge >= 0.3 is 0 Å². The quantitative estimate of drug-likeness (QED) is 0.845. The topological polar surface area (TPSA) is 34.1 Å². The SMILES string of the molecule is CS(=O)(=O)c1ccccc1-c1cc(F)cc(Cl)c1. The van der Waals surface area contributed by atoms with Crippen molar-refractivity contribution in [1.82, 2.24) is 0 Å². The van der Waals surface area contributed by atoms with Crippen LogP contribution >= 0.6 is 11.6 Å². The molecule has 0 saturated carbocycles. The fourth-order valence-electron chi connectivity index (χ4n) is 1.74. The number of hydrogen-bond donors (Lipinski definition) is 0. The number of rotatable bonds is 2. The molecule has 0 fully saturated rings. The minimum Gasteiger partial charge on any atom is -0.224 e. The molecule has 0 aliphatic rings. The Labute approximate surface area is 110 Å². The molecule has 0 unspecified atom stereocenters. The molecule has 2 aromatic carbocycles. The molecular weight excluding hydrogens is 275 g/mol. The lowest BCUT2D eigenvalue weighted by atomic mass is 10.1. The van der Waals surface area contributed by atoms with Gasteiger partial charge in [0.15, 0.2) is 9.84 Å². The Hall–Kier alpha value is -1.39. The van der Waals surface area contributed by atoms with Crippen molar-refractivity contribution in [2.75, 3.05) is 6.26 Å². The molecule has 0 N–H and O–H groups in total. The van der Waals surface area contributed by atoms with E-state index in [4.69, 9.17) is 11.6 Å². The Balaban J connectivity index is 2.72. The molecule has 2 aromatic rings. The van der Waals surface area contributed by atoms with Crippen molar-refractivity contribution >= 4 is 21.4 Å². The molecule has 0 radical (unpaired) electrons. The maximum absolute atomic E-state index is 13.3. The molecule has 0 aromatic heterocycles. The van der Waals surface area contributed by atoms with Crippen molar-refractivity contribution in [2.45, 2.75) is 4.90 Å². The molecule has 0 bridgehead atoms. The number of benzene rings is 2. The van der Waals surface area contributed by atoms with Crippen LogP contribution in [0.1, 0.15) is 0 Å². The van der Waals surface area contributed by atoms with Gasteiger partial charge in [0.1, 0.15) is 5.82 Å². The summed E-state index contributed by atoms with van der Waals surface area (Å²) >= 11 is 5.78. The van der Waals surface area contributed by atoms with Crippen LogP contribution < -0.4 is 0 Å². The molecular formula is C13H10ClFO2S. The highest BCUT2D eigenvalue weighted by Crippen LogP contribution is 2.29. The average Bonchev–Trinajstić information content (AvgIpc) is 2.26. The Kier molecular flexibility index (Phi) is 3.41. The van der Waals surface area contributed by atoms with E-state index in [1.807, 2.05) is 0 Å². The summed E-state index contributed by atoms with van der Waals surface area (Å²) in [6, 6.07) is 10.4. The summed E-state index contributed by atoms with van der Waals surface area (Å²) in [7, 11) is -3.37. The summed E-state index contributed by atoms with van der Waals surface area (Å²) in [5, 5.41) is 0.230. The van der Waals surface area contributed by atoms with Crippen LogP contribution in [0.25, 0.3) is 11.1 Å². The van der Waals surface area contributed by atoms with Gasteiger partial charge in [-0.05, 0) is 29.8 Å². The molecule has 0 aliphatic heterocycles. The number of sulfone groups is 1. The second-order valence-electron chi connectivity index (χ2n) is 3.93. The average molecular weight is 285 g/mol. The zero-order chi connectivity index (χ0) is 13.3. The van der Waals surface area contributed by atoms with Gasteiger partial charge in [0, 0.05) is 16.8 Å². The van der Waals surface area contributed by atoms with Gasteiger partial charge in [-0.15, -0.1) is 0 Å². The summed E-state index contributed by atoms with van der Waals surface area (Å²) in [6.07, 6.45) is 1.12. The first kappa shape index (κ1) is 13.1. The van der Waals surface area contributed by atoms with Gasteiger partial charge in [-0.25, -0.2) is 12.8 Å². The van der Waals surface area contributed by atoms with E-state index < -0.39 is 15.7 Å². The van der Waals surface area contributed by atoms with Gasteiger partial charge < -0.3 is 0 Å². The lowest BCUT2D eigenvalue weighted by Crippen LogP contribution is -1.99. The van der Waals surface area contributed by atoms with E-state index in [-0.39, 0.29) is 9.92 Å². The van der Waals surface area contributed by atoms with Crippen molar-refractivity contribution in [3.8, 4) is 11.1 Å². The summed E-state index contributed by atoms with van der Waals surface area (Å²) in [6.45, 7) is 0. The number of halogens is 2. The van der Waals surface area contributed by atoms with Crippen LogP contribution in [-0.4, -0.2) is 14.7 Å². The second-order valence-corrected chi connectivity index (χ2v) is 6.35. The molecule has 0 saturated heterocycles. The third kappa shape index (κ3) is 2.71. The first-order chi connectivity index (χ1) is 8.38. The third-order valence-corrected chi connectivity index (χ3v) is 3.83. The monoisotopic (exact) mass is 284 g/mol. The van der Waals surface area contributed by atoms with Gasteiger partial charge in [-0.2, -0.15) is 0 Å². The second kappa shape index (κ2) is 4.71. The van der Waals surface area contributed by atoms with Crippen LogP contribution in [0.15, 0.2) is 47.4 Å². The van der Waals surface area contributed by atoms with E-state index in [1.54, 1.807) is 18.2 Å². The summed E-state index contributed by atoms with van der Waals surface area (Å²) in [5.41, 5.74) is 0.891. The van der Waals surface area contributed by atoms with E-state index in [9.17, 15) is 12.8 Å². The van der Waals surface area contributed by atoms with E-state index in [1.165, 1.54) is 24.3 Å². The van der Waals surface area contributed by atoms with Crippen molar-refractivity contribution in [3.05, 3.63) is 53.3 Å². The van der Waals surface area contributed by atoms with Crippen molar-refractivity contribution in [2.24, 2.45) is 0 Å². The minimum absolute atomic E-state index is 0.159. The number of hydrogen-bond acceptors (Lipinski definition) is 2. The van der Waals surface area contributed by atoms with Crippen molar-refractivity contribution in [1.29, 1.82) is 0 Å². The maximum Gasteiger partial charge on any atom is 0.176 e. The van der Waals surface area contributed by atoms with Crippen LogP contribution in [0.3, 0.4) is 0 Å². The highest BCUT2D eigenvalue weighted by Gasteiger charge is 2.14. The molecule has 0 spiro atoms. The van der Waals surface area contributed by atoms with E-state index in [0.717, 1.165) is 6.26 Å². The van der Waals surface area contributed by atoms with E-state index in [2.05, 4.69) is 0 Å². The van der Waals surface area contributed by atoms with Gasteiger partial charge in [-0.1, -0.05) is 29.8 Å². The summed E-state index contributed by atoms with van der Waals surface area (Å²) in [5.74, 6) is -0.499. The minimum atomic E-state index is -3.37. The van der Waals surface area contributed by atoms with Crippen LogP contribution in [0.5, 0.6) is 0 Å². The normalized spacial score (nSPS) is 11.5. The lowest BCUT2D eigenvalue weighted by Gasteiger charge is -2.08. The first-order valence-corrected chi connectivity index (χ1v) is 7.40. The van der Waals surface area contributed by atoms with Gasteiger partial charge in [0.25, 0.3) is 0 Å². The highest BCUT2D eigenvalue weighted by molar-refractivity contribution is 7.90. The van der Waals surface area contributed by atoms with Crippen molar-refractivity contribution in [3.63, 3.8) is 0 Å². The molecule has 0 amide bonds. The standard InChI is InChI=1S/C13H10ClFO2S/c1-18(16,17)13-5-3-2-4-12(13)9-6-10(14)8-11(15)7-9/h2-8H,1H3. The summed E-state index contributed by atoms with van der Waals surface area (Å²) in [4.78, 5) is 0.159. The fourth-order valence-corrected chi connectivity index (χ4v) is 2.87. The predicted molar refractivity (Wildman–Crippen MR) is 70.0 cm³/mol. The van der Waals surface area contributed by atoms with E-state index >= 15 is 0 Å². The molecule has 5 heteroatoms. The highest BCUT2D eigenvalue weighted by atomic mass is 35.5. The lowest BCUT2D eigenvalue weighted by molar-refractivity contribution is 0.602. The molecule has 0 atom stereocenters. The maximum atomic E-state index is 13.3. The van der Waals surface area contributed by atoms with E-state index in [0.29, 0.717) is 11.1 Å². The largest absolute Gasteiger partial charge is 0.224 e. The van der Waals surface area contributed by atoms with Crippen molar-refractivity contribution < 1.29 is 12.8 Å². The smallest absolute Gasteiger partial charge is 0.176 e. The first-order valence-electron chi connectivity index (χ1n) is 5.13. The third-order valence-electron chi connectivity index (χ3n) is 2.46. The van der Waals surface area contributed by atoms with Gasteiger partial charge in [0.05, 0.1) is 4.90 Å². The molecule has 0 aliphatic carbocycles. The van der Waals surface area contributed by atoms with Crippen LogP contribution in [-0.2, 0) is 9.84 Å². The fraction of sp³-hybridized carbons (Fsp3) is 0.0769.